The predicted octanol–water partition coefficient (Wildman–Crippen LogP) is 3.14. The third-order valence-corrected chi connectivity index (χ3v) is 1.68. The monoisotopic (exact) mass is 209 g/mol. The largest absolute Gasteiger partial charge is 0.207 e. The van der Waals surface area contributed by atoms with Gasteiger partial charge in [-0.3, -0.25) is 0 Å². The molecule has 0 atom stereocenters. The van der Waals surface area contributed by atoms with Crippen molar-refractivity contribution in [2.45, 2.75) is 0 Å². The van der Waals surface area contributed by atoms with Gasteiger partial charge in [0.15, 0.2) is 0 Å². The van der Waals surface area contributed by atoms with Gasteiger partial charge in [0.05, 0.1) is 11.6 Å². The summed E-state index contributed by atoms with van der Waals surface area (Å²) >= 11 is 5.70. The summed E-state index contributed by atoms with van der Waals surface area (Å²) in [6, 6.07) is 3.92. The molecule has 14 heavy (non-hydrogen) atoms. The maximum absolute atomic E-state index is 12.6. The third-order valence-electron chi connectivity index (χ3n) is 1.37. The molecule has 0 aliphatic rings. The van der Waals surface area contributed by atoms with Gasteiger partial charge in [-0.15, -0.1) is 0 Å². The average Bonchev–Trinajstić information content (AvgIpc) is 2.15. The number of azide groups is 1. The van der Waals surface area contributed by atoms with E-state index in [0.29, 0.717) is 5.56 Å². The topological polar surface area (TPSA) is 48.8 Å². The fourth-order valence-corrected chi connectivity index (χ4v) is 1.01. The van der Waals surface area contributed by atoms with Crippen molar-refractivity contribution >= 4 is 11.6 Å². The molecule has 0 spiro atoms. The molecule has 0 fully saturated rings. The maximum atomic E-state index is 12.6. The Morgan fingerprint density at radius 3 is 3.00 bits per heavy atom. The fourth-order valence-electron chi connectivity index (χ4n) is 0.793. The second-order valence-electron chi connectivity index (χ2n) is 2.31. The average molecular weight is 210 g/mol. The zero-order chi connectivity index (χ0) is 10.4. The van der Waals surface area contributed by atoms with Crippen LogP contribution >= 0.6 is 11.6 Å². The van der Waals surface area contributed by atoms with Gasteiger partial charge in [0.25, 0.3) is 0 Å². The summed E-state index contributed by atoms with van der Waals surface area (Å²) in [5.41, 5.74) is 8.48. The standard InChI is InChI=1S/C9H5ClFN3/c10-9-6-8(11)4-3-7(9)2-1-5-13-14-12/h3-4,6H,5H2. The number of halogens is 2. The minimum absolute atomic E-state index is 0.0736. The molecule has 1 aromatic rings. The van der Waals surface area contributed by atoms with E-state index in [1.807, 2.05) is 0 Å². The molecule has 3 nitrogen and oxygen atoms in total. The van der Waals surface area contributed by atoms with E-state index < -0.39 is 5.82 Å². The zero-order valence-electron chi connectivity index (χ0n) is 7.04. The Hall–Kier alpha value is -1.69. The van der Waals surface area contributed by atoms with Crippen LogP contribution in [0.4, 0.5) is 4.39 Å². The molecule has 0 aliphatic heterocycles. The van der Waals surface area contributed by atoms with Crippen LogP contribution in [-0.2, 0) is 0 Å². The molecule has 1 aromatic carbocycles. The molecule has 0 heterocycles. The number of hydrogen-bond acceptors (Lipinski definition) is 1. The molecule has 0 aromatic heterocycles. The highest BCUT2D eigenvalue weighted by Crippen LogP contribution is 2.15. The summed E-state index contributed by atoms with van der Waals surface area (Å²) in [7, 11) is 0. The van der Waals surface area contributed by atoms with Crippen LogP contribution in [-0.4, -0.2) is 6.54 Å². The summed E-state index contributed by atoms with van der Waals surface area (Å²) in [5.74, 6) is 4.84. The Kier molecular flexibility index (Phi) is 3.81. The van der Waals surface area contributed by atoms with E-state index in [2.05, 4.69) is 21.9 Å². The first kappa shape index (κ1) is 10.4. The first-order valence-corrected chi connectivity index (χ1v) is 4.06. The summed E-state index contributed by atoms with van der Waals surface area (Å²) in [4.78, 5) is 2.53. The van der Waals surface area contributed by atoms with Crippen LogP contribution in [0.3, 0.4) is 0 Å². The molecular weight excluding hydrogens is 205 g/mol. The highest BCUT2D eigenvalue weighted by Gasteiger charge is 1.97. The summed E-state index contributed by atoms with van der Waals surface area (Å²) < 4.78 is 12.6. The SMILES string of the molecule is [N-]=[N+]=NCC#Cc1ccc(F)cc1Cl. The van der Waals surface area contributed by atoms with Crippen molar-refractivity contribution in [3.8, 4) is 11.8 Å². The van der Waals surface area contributed by atoms with Crippen molar-refractivity contribution in [2.24, 2.45) is 5.11 Å². The molecule has 0 aliphatic carbocycles. The van der Waals surface area contributed by atoms with E-state index in [4.69, 9.17) is 17.1 Å². The van der Waals surface area contributed by atoms with E-state index in [9.17, 15) is 4.39 Å². The smallest absolute Gasteiger partial charge is 0.124 e. The van der Waals surface area contributed by atoms with E-state index in [-0.39, 0.29) is 11.6 Å². The van der Waals surface area contributed by atoms with Crippen molar-refractivity contribution in [3.63, 3.8) is 0 Å². The Labute approximate surface area is 85.1 Å². The zero-order valence-corrected chi connectivity index (χ0v) is 7.79. The number of hydrogen-bond donors (Lipinski definition) is 0. The quantitative estimate of drug-likeness (QED) is 0.295. The molecule has 70 valence electrons. The van der Waals surface area contributed by atoms with E-state index in [0.717, 1.165) is 0 Å². The van der Waals surface area contributed by atoms with Gasteiger partial charge in [0, 0.05) is 10.5 Å². The summed E-state index contributed by atoms with van der Waals surface area (Å²) in [6.07, 6.45) is 0. The maximum Gasteiger partial charge on any atom is 0.124 e. The molecule has 0 unspecified atom stereocenters. The molecule has 0 radical (unpaired) electrons. The first-order chi connectivity index (χ1) is 6.74. The first-order valence-electron chi connectivity index (χ1n) is 3.69. The van der Waals surface area contributed by atoms with Gasteiger partial charge in [0.2, 0.25) is 0 Å². The van der Waals surface area contributed by atoms with Crippen LogP contribution in [0.5, 0.6) is 0 Å². The molecule has 0 amide bonds. The molecule has 0 saturated carbocycles. The van der Waals surface area contributed by atoms with Crippen molar-refractivity contribution in [1.82, 2.24) is 0 Å². The third kappa shape index (κ3) is 2.98. The van der Waals surface area contributed by atoms with Crippen LogP contribution in [0.2, 0.25) is 5.02 Å². The molecule has 0 saturated heterocycles. The Morgan fingerprint density at radius 2 is 2.36 bits per heavy atom. The number of benzene rings is 1. The normalized spacial score (nSPS) is 8.43. The lowest BCUT2D eigenvalue weighted by Crippen LogP contribution is -1.80. The van der Waals surface area contributed by atoms with Crippen molar-refractivity contribution < 1.29 is 4.39 Å². The second kappa shape index (κ2) is 5.13. The second-order valence-corrected chi connectivity index (χ2v) is 2.72. The van der Waals surface area contributed by atoms with Crippen LogP contribution in [0.25, 0.3) is 10.4 Å². The van der Waals surface area contributed by atoms with Crippen LogP contribution in [0, 0.1) is 17.7 Å². The summed E-state index contributed by atoms with van der Waals surface area (Å²) in [5, 5.41) is 3.47. The lowest BCUT2D eigenvalue weighted by molar-refractivity contribution is 0.628. The van der Waals surface area contributed by atoms with E-state index in [1.165, 1.54) is 18.2 Å². The van der Waals surface area contributed by atoms with Crippen molar-refractivity contribution in [3.05, 3.63) is 45.0 Å². The Bertz CT molecular complexity index is 441. The molecule has 0 bridgehead atoms. The Balaban J connectivity index is 2.84. The number of rotatable bonds is 1. The number of nitrogens with zero attached hydrogens (tertiary/aromatic N) is 3. The molecule has 1 rings (SSSR count). The fraction of sp³-hybridized carbons (Fsp3) is 0.111. The van der Waals surface area contributed by atoms with Crippen LogP contribution in [0.1, 0.15) is 5.56 Å². The van der Waals surface area contributed by atoms with Gasteiger partial charge < -0.3 is 0 Å². The van der Waals surface area contributed by atoms with Crippen molar-refractivity contribution in [1.29, 1.82) is 0 Å². The minimum atomic E-state index is -0.407. The van der Waals surface area contributed by atoms with Gasteiger partial charge in [-0.05, 0) is 23.7 Å². The highest BCUT2D eigenvalue weighted by molar-refractivity contribution is 6.31. The highest BCUT2D eigenvalue weighted by atomic mass is 35.5. The van der Waals surface area contributed by atoms with Gasteiger partial charge >= 0.3 is 0 Å². The lowest BCUT2D eigenvalue weighted by Gasteiger charge is -1.94. The minimum Gasteiger partial charge on any atom is -0.207 e. The molecule has 5 heteroatoms. The van der Waals surface area contributed by atoms with Crippen LogP contribution in [0.15, 0.2) is 23.3 Å². The summed E-state index contributed by atoms with van der Waals surface area (Å²) in [6.45, 7) is 0.0736. The lowest BCUT2D eigenvalue weighted by atomic mass is 10.2. The van der Waals surface area contributed by atoms with Gasteiger partial charge in [-0.1, -0.05) is 28.6 Å². The van der Waals surface area contributed by atoms with E-state index >= 15 is 0 Å². The van der Waals surface area contributed by atoms with E-state index in [1.54, 1.807) is 0 Å². The van der Waals surface area contributed by atoms with Gasteiger partial charge in [-0.25, -0.2) is 4.39 Å². The van der Waals surface area contributed by atoms with Crippen molar-refractivity contribution in [2.75, 3.05) is 6.54 Å². The van der Waals surface area contributed by atoms with Crippen LogP contribution < -0.4 is 0 Å². The Morgan fingerprint density at radius 1 is 1.57 bits per heavy atom. The predicted molar refractivity (Wildman–Crippen MR) is 52.3 cm³/mol. The molecular formula is C9H5ClFN3. The van der Waals surface area contributed by atoms with Gasteiger partial charge in [0.1, 0.15) is 5.82 Å². The molecule has 0 N–H and O–H groups in total. The van der Waals surface area contributed by atoms with Gasteiger partial charge in [-0.2, -0.15) is 0 Å².